The normalized spacial score (nSPS) is 23.9. The molecule has 0 aromatic heterocycles. The lowest BCUT2D eigenvalue weighted by Crippen LogP contribution is -2.36. The Morgan fingerprint density at radius 3 is 2.47 bits per heavy atom. The lowest BCUT2D eigenvalue weighted by Gasteiger charge is -2.24. The van der Waals surface area contributed by atoms with Crippen LogP contribution >= 0.6 is 24.2 Å². The van der Waals surface area contributed by atoms with Gasteiger partial charge in [0, 0.05) is 24.4 Å². The number of halogens is 4. The van der Waals surface area contributed by atoms with Crippen LogP contribution in [0.25, 0.3) is 0 Å². The van der Waals surface area contributed by atoms with Crippen molar-refractivity contribution in [1.82, 2.24) is 4.90 Å². The van der Waals surface area contributed by atoms with Crippen molar-refractivity contribution in [2.45, 2.75) is 69.1 Å². The topological polar surface area (TPSA) is 53.9 Å². The summed E-state index contributed by atoms with van der Waals surface area (Å²) in [6.07, 6.45) is 1.55. The monoisotopic (exact) mass is 465 g/mol. The van der Waals surface area contributed by atoms with Gasteiger partial charge in [0.25, 0.3) is 0 Å². The molecule has 168 valence electrons. The number of ether oxygens (including phenoxy) is 1. The van der Waals surface area contributed by atoms with Crippen molar-refractivity contribution in [3.8, 4) is 5.75 Å². The third-order valence-electron chi connectivity index (χ3n) is 5.27. The summed E-state index contributed by atoms with van der Waals surface area (Å²) in [5, 5.41) is 3.97. The van der Waals surface area contributed by atoms with Crippen molar-refractivity contribution >= 4 is 40.9 Å². The molecule has 2 aliphatic rings. The average Bonchev–Trinajstić information content (AvgIpc) is 2.90. The van der Waals surface area contributed by atoms with Crippen LogP contribution in [0.1, 0.15) is 45.4 Å². The molecule has 30 heavy (non-hydrogen) atoms. The highest BCUT2D eigenvalue weighted by molar-refractivity contribution is 8.14. The highest BCUT2D eigenvalue weighted by Crippen LogP contribution is 2.34. The van der Waals surface area contributed by atoms with Gasteiger partial charge in [-0.05, 0) is 37.1 Å². The first-order chi connectivity index (χ1) is 13.7. The summed E-state index contributed by atoms with van der Waals surface area (Å²) in [7, 11) is 1.97. The number of thioether (sulfide) groups is 1. The van der Waals surface area contributed by atoms with Crippen LogP contribution in [-0.4, -0.2) is 46.7 Å². The number of aliphatic imine (C=N–C) groups is 1. The Balaban J connectivity index is 0.00000320. The summed E-state index contributed by atoms with van der Waals surface area (Å²) in [5.74, 6) is -0.502. The first kappa shape index (κ1) is 24.7. The molecule has 1 saturated heterocycles. The second-order valence-corrected chi connectivity index (χ2v) is 8.87. The summed E-state index contributed by atoms with van der Waals surface area (Å²) in [6.45, 7) is 2.09. The molecule has 3 rings (SSSR count). The van der Waals surface area contributed by atoms with Crippen molar-refractivity contribution in [3.63, 3.8) is 0 Å². The molecule has 0 radical (unpaired) electrons. The van der Waals surface area contributed by atoms with Crippen LogP contribution in [0.15, 0.2) is 29.3 Å². The molecular weight excluding hydrogens is 439 g/mol. The maximum atomic E-state index is 12.5. The Morgan fingerprint density at radius 1 is 1.23 bits per heavy atom. The van der Waals surface area contributed by atoms with Crippen molar-refractivity contribution in [1.29, 1.82) is 0 Å². The third-order valence-corrected chi connectivity index (χ3v) is 6.56. The van der Waals surface area contributed by atoms with Gasteiger partial charge in [0.2, 0.25) is 5.91 Å². The summed E-state index contributed by atoms with van der Waals surface area (Å²) in [6, 6.07) is 5.55. The highest BCUT2D eigenvalue weighted by atomic mass is 35.5. The standard InChI is InChI=1S/C20H26F3N3O2S.ClH/c1-13-17(26(2)19(29-13)25-14-6-4-3-5-7-14)12-18(27)24-15-8-10-16(11-9-15)28-20(21,22)23;/h8-11,13-14,17H,3-7,12H2,1-2H3,(H,24,27);1H/b25-19-;. The zero-order chi connectivity index (χ0) is 21.0. The summed E-state index contributed by atoms with van der Waals surface area (Å²) < 4.78 is 40.5. The summed E-state index contributed by atoms with van der Waals surface area (Å²) in [5.41, 5.74) is 0.432. The highest BCUT2D eigenvalue weighted by Gasteiger charge is 2.36. The summed E-state index contributed by atoms with van der Waals surface area (Å²) in [4.78, 5) is 19.5. The number of nitrogens with zero attached hydrogens (tertiary/aromatic N) is 2. The molecule has 1 aliphatic carbocycles. The van der Waals surface area contributed by atoms with E-state index in [0.717, 1.165) is 18.0 Å². The van der Waals surface area contributed by atoms with E-state index in [1.54, 1.807) is 11.8 Å². The molecule has 1 N–H and O–H groups in total. The molecule has 1 aromatic rings. The fourth-order valence-corrected chi connectivity index (χ4v) is 5.00. The van der Waals surface area contributed by atoms with Gasteiger partial charge >= 0.3 is 6.36 Å². The smallest absolute Gasteiger partial charge is 0.406 e. The van der Waals surface area contributed by atoms with Crippen LogP contribution in [0, 0.1) is 0 Å². The fourth-order valence-electron chi connectivity index (χ4n) is 3.72. The number of hydrogen-bond acceptors (Lipinski definition) is 4. The number of anilines is 1. The molecule has 0 spiro atoms. The Morgan fingerprint density at radius 2 is 1.87 bits per heavy atom. The van der Waals surface area contributed by atoms with Crippen LogP contribution < -0.4 is 10.1 Å². The van der Waals surface area contributed by atoms with Gasteiger partial charge in [-0.1, -0.05) is 37.9 Å². The average molecular weight is 466 g/mol. The number of hydrogen-bond donors (Lipinski definition) is 1. The van der Waals surface area contributed by atoms with E-state index in [-0.39, 0.29) is 41.8 Å². The minimum atomic E-state index is -4.73. The molecule has 1 heterocycles. The minimum absolute atomic E-state index is 0. The lowest BCUT2D eigenvalue weighted by atomic mass is 9.96. The molecule has 1 saturated carbocycles. The maximum Gasteiger partial charge on any atom is 0.573 e. The minimum Gasteiger partial charge on any atom is -0.406 e. The SMILES string of the molecule is CC1S/C(=N\C2CCCCC2)N(C)C1CC(=O)Nc1ccc(OC(F)(F)F)cc1.Cl. The van der Waals surface area contributed by atoms with Crippen molar-refractivity contribution in [2.24, 2.45) is 4.99 Å². The summed E-state index contributed by atoms with van der Waals surface area (Å²) >= 11 is 1.70. The fraction of sp³-hybridized carbons (Fsp3) is 0.600. The van der Waals surface area contributed by atoms with Crippen molar-refractivity contribution in [3.05, 3.63) is 24.3 Å². The Kier molecular flexibility index (Phi) is 8.73. The molecule has 1 amide bonds. The predicted molar refractivity (Wildman–Crippen MR) is 117 cm³/mol. The maximum absolute atomic E-state index is 12.5. The molecule has 1 aromatic carbocycles. The molecule has 1 aliphatic heterocycles. The van der Waals surface area contributed by atoms with E-state index in [0.29, 0.717) is 11.7 Å². The van der Waals surface area contributed by atoms with Gasteiger partial charge in [-0.2, -0.15) is 0 Å². The van der Waals surface area contributed by atoms with E-state index in [1.807, 2.05) is 7.05 Å². The van der Waals surface area contributed by atoms with Crippen LogP contribution in [0.5, 0.6) is 5.75 Å². The van der Waals surface area contributed by atoms with Gasteiger partial charge in [-0.15, -0.1) is 25.6 Å². The molecular formula is C20H27ClF3N3O2S. The van der Waals surface area contributed by atoms with Crippen molar-refractivity contribution < 1.29 is 22.7 Å². The Bertz CT molecular complexity index is 740. The number of carbonyl (C=O) groups is 1. The van der Waals surface area contributed by atoms with Gasteiger partial charge in [0.15, 0.2) is 5.17 Å². The van der Waals surface area contributed by atoms with Crippen LogP contribution in [0.4, 0.5) is 18.9 Å². The van der Waals surface area contributed by atoms with Gasteiger partial charge in [-0.3, -0.25) is 9.79 Å². The Hall–Kier alpha value is -1.61. The zero-order valence-corrected chi connectivity index (χ0v) is 18.6. The zero-order valence-electron chi connectivity index (χ0n) is 16.9. The molecule has 0 bridgehead atoms. The van der Waals surface area contributed by atoms with Gasteiger partial charge < -0.3 is 15.0 Å². The van der Waals surface area contributed by atoms with E-state index in [4.69, 9.17) is 4.99 Å². The van der Waals surface area contributed by atoms with Crippen molar-refractivity contribution in [2.75, 3.05) is 12.4 Å². The number of benzene rings is 1. The number of amides is 1. The second kappa shape index (κ2) is 10.6. The van der Waals surface area contributed by atoms with Gasteiger partial charge in [0.05, 0.1) is 12.1 Å². The third kappa shape index (κ3) is 6.97. The lowest BCUT2D eigenvalue weighted by molar-refractivity contribution is -0.274. The van der Waals surface area contributed by atoms with Crippen LogP contribution in [-0.2, 0) is 4.79 Å². The molecule has 5 nitrogen and oxygen atoms in total. The predicted octanol–water partition coefficient (Wildman–Crippen LogP) is 5.46. The van der Waals surface area contributed by atoms with E-state index in [9.17, 15) is 18.0 Å². The number of carbonyl (C=O) groups excluding carboxylic acids is 1. The van der Waals surface area contributed by atoms with Gasteiger partial charge in [0.1, 0.15) is 5.75 Å². The first-order valence-corrected chi connectivity index (χ1v) is 10.7. The van der Waals surface area contributed by atoms with E-state index < -0.39 is 6.36 Å². The van der Waals surface area contributed by atoms with Gasteiger partial charge in [-0.25, -0.2) is 0 Å². The number of amidine groups is 1. The second-order valence-electron chi connectivity index (χ2n) is 7.53. The Labute approximate surface area is 185 Å². The first-order valence-electron chi connectivity index (χ1n) is 9.84. The molecule has 2 fully saturated rings. The van der Waals surface area contributed by atoms with Crippen LogP contribution in [0.2, 0.25) is 0 Å². The number of alkyl halides is 3. The van der Waals surface area contributed by atoms with E-state index >= 15 is 0 Å². The largest absolute Gasteiger partial charge is 0.573 e. The van der Waals surface area contributed by atoms with E-state index in [2.05, 4.69) is 21.9 Å². The molecule has 2 unspecified atom stereocenters. The quantitative estimate of drug-likeness (QED) is 0.627. The number of nitrogens with one attached hydrogen (secondary N) is 1. The molecule has 10 heteroatoms. The van der Waals surface area contributed by atoms with Crippen LogP contribution in [0.3, 0.4) is 0 Å². The number of rotatable bonds is 5. The molecule has 2 atom stereocenters. The van der Waals surface area contributed by atoms with E-state index in [1.165, 1.54) is 43.5 Å².